The fraction of sp³-hybridized carbons (Fsp3) is 0.250. The maximum atomic E-state index is 13.3. The third kappa shape index (κ3) is 4.64. The van der Waals surface area contributed by atoms with E-state index in [1.54, 1.807) is 14.0 Å². The first kappa shape index (κ1) is 22.2. The van der Waals surface area contributed by atoms with Gasteiger partial charge in [0.1, 0.15) is 17.2 Å². The maximum Gasteiger partial charge on any atom is 0.292 e. The van der Waals surface area contributed by atoms with Crippen molar-refractivity contribution in [2.24, 2.45) is 7.05 Å². The van der Waals surface area contributed by atoms with Gasteiger partial charge >= 0.3 is 0 Å². The summed E-state index contributed by atoms with van der Waals surface area (Å²) < 4.78 is 14.8. The van der Waals surface area contributed by atoms with Crippen LogP contribution in [-0.2, 0) is 11.8 Å². The number of Topliss-reactive ketones (excluding diaryl/α,β-unsaturated/α-hetero) is 1. The van der Waals surface area contributed by atoms with Crippen LogP contribution in [0.2, 0.25) is 5.02 Å². The quantitative estimate of drug-likeness (QED) is 0.380. The first-order chi connectivity index (χ1) is 14.7. The van der Waals surface area contributed by atoms with Crippen molar-refractivity contribution in [3.8, 4) is 0 Å². The number of hydrogen-bond acceptors (Lipinski definition) is 5. The van der Waals surface area contributed by atoms with Crippen LogP contribution >= 0.6 is 11.6 Å². The molecule has 0 saturated heterocycles. The second-order valence-electron chi connectivity index (χ2n) is 6.87. The number of benzene rings is 1. The van der Waals surface area contributed by atoms with Crippen LogP contribution in [0.3, 0.4) is 0 Å². The van der Waals surface area contributed by atoms with E-state index in [4.69, 9.17) is 11.6 Å². The summed E-state index contributed by atoms with van der Waals surface area (Å²) in [6.07, 6.45) is 3.39. The number of ketones is 1. The maximum absolute atomic E-state index is 13.3. The third-order valence-corrected chi connectivity index (χ3v) is 5.07. The standard InChI is InChI=1S/C20H20ClFN6O3/c1-4-15(16-8-23-27-26-16)25-20(31)18(29)12-9-28(3)17(10(12)2)19(30)24-11-5-6-14(22)13(21)7-11/h5-9,15H,4H2,1-3H3,(H,24,30)(H,25,31)(H,23,26,27). The third-order valence-electron chi connectivity index (χ3n) is 4.78. The summed E-state index contributed by atoms with van der Waals surface area (Å²) >= 11 is 5.75. The van der Waals surface area contributed by atoms with Crippen molar-refractivity contribution < 1.29 is 18.8 Å². The second-order valence-corrected chi connectivity index (χ2v) is 7.28. The highest BCUT2D eigenvalue weighted by atomic mass is 35.5. The van der Waals surface area contributed by atoms with Gasteiger partial charge in [0.05, 0.1) is 17.3 Å². The van der Waals surface area contributed by atoms with Crippen LogP contribution in [0.1, 0.15) is 51.5 Å². The van der Waals surface area contributed by atoms with E-state index in [2.05, 4.69) is 26.0 Å². The second kappa shape index (κ2) is 9.09. The molecule has 0 aliphatic rings. The van der Waals surface area contributed by atoms with Gasteiger partial charge in [0.15, 0.2) is 0 Å². The summed E-state index contributed by atoms with van der Waals surface area (Å²) in [5, 5.41) is 15.2. The Hall–Kier alpha value is -3.53. The number of nitrogens with zero attached hydrogens (tertiary/aromatic N) is 3. The Labute approximate surface area is 182 Å². The van der Waals surface area contributed by atoms with Crippen LogP contribution < -0.4 is 10.6 Å². The molecule has 1 atom stereocenters. The van der Waals surface area contributed by atoms with Crippen LogP contribution in [0, 0.1) is 12.7 Å². The summed E-state index contributed by atoms with van der Waals surface area (Å²) in [5.41, 5.74) is 1.41. The molecule has 0 saturated carbocycles. The largest absolute Gasteiger partial charge is 0.346 e. The van der Waals surface area contributed by atoms with Crippen LogP contribution in [0.15, 0.2) is 30.6 Å². The first-order valence-electron chi connectivity index (χ1n) is 9.36. The number of carbonyl (C=O) groups is 3. The van der Waals surface area contributed by atoms with Crippen LogP contribution in [0.25, 0.3) is 0 Å². The molecule has 3 aromatic rings. The Kier molecular flexibility index (Phi) is 6.50. The highest BCUT2D eigenvalue weighted by Gasteiger charge is 2.27. The first-order valence-corrected chi connectivity index (χ1v) is 9.73. The highest BCUT2D eigenvalue weighted by Crippen LogP contribution is 2.22. The van der Waals surface area contributed by atoms with E-state index in [1.165, 1.54) is 29.1 Å². The van der Waals surface area contributed by atoms with E-state index in [0.717, 1.165) is 6.07 Å². The molecular formula is C20H20ClFN6O3. The zero-order chi connectivity index (χ0) is 22.7. The lowest BCUT2D eigenvalue weighted by Gasteiger charge is -2.13. The van der Waals surface area contributed by atoms with Crippen molar-refractivity contribution >= 4 is 34.9 Å². The Morgan fingerprint density at radius 3 is 2.68 bits per heavy atom. The molecule has 0 bridgehead atoms. The minimum Gasteiger partial charge on any atom is -0.346 e. The fourth-order valence-electron chi connectivity index (χ4n) is 3.18. The van der Waals surface area contributed by atoms with E-state index in [9.17, 15) is 18.8 Å². The predicted octanol–water partition coefficient (Wildman–Crippen LogP) is 2.95. The Bertz CT molecular complexity index is 1140. The molecule has 162 valence electrons. The van der Waals surface area contributed by atoms with E-state index in [0.29, 0.717) is 23.4 Å². The predicted molar refractivity (Wildman–Crippen MR) is 111 cm³/mol. The lowest BCUT2D eigenvalue weighted by atomic mass is 10.1. The molecule has 31 heavy (non-hydrogen) atoms. The molecule has 0 radical (unpaired) electrons. The topological polar surface area (TPSA) is 122 Å². The Morgan fingerprint density at radius 1 is 1.32 bits per heavy atom. The van der Waals surface area contributed by atoms with Gasteiger partial charge < -0.3 is 15.2 Å². The number of anilines is 1. The Morgan fingerprint density at radius 2 is 2.06 bits per heavy atom. The summed E-state index contributed by atoms with van der Waals surface area (Å²) in [4.78, 5) is 38.0. The molecule has 1 unspecified atom stereocenters. The molecule has 9 nitrogen and oxygen atoms in total. The van der Waals surface area contributed by atoms with Crippen molar-refractivity contribution in [1.82, 2.24) is 25.3 Å². The van der Waals surface area contributed by atoms with Crippen molar-refractivity contribution in [3.63, 3.8) is 0 Å². The van der Waals surface area contributed by atoms with Gasteiger partial charge in [-0.1, -0.05) is 18.5 Å². The SMILES string of the molecule is CCC(NC(=O)C(=O)c1cn(C)c(C(=O)Nc2ccc(F)c(Cl)c2)c1C)c1cn[nH]n1. The molecule has 1 aromatic carbocycles. The number of halogens is 2. The summed E-state index contributed by atoms with van der Waals surface area (Å²) in [5.74, 6) is -2.74. The smallest absolute Gasteiger partial charge is 0.292 e. The van der Waals surface area contributed by atoms with Crippen LogP contribution in [0.5, 0.6) is 0 Å². The average molecular weight is 447 g/mol. The highest BCUT2D eigenvalue weighted by molar-refractivity contribution is 6.43. The zero-order valence-electron chi connectivity index (χ0n) is 17.0. The monoisotopic (exact) mass is 446 g/mol. The molecule has 11 heteroatoms. The van der Waals surface area contributed by atoms with E-state index in [1.807, 2.05) is 6.92 Å². The van der Waals surface area contributed by atoms with E-state index < -0.39 is 29.5 Å². The Balaban J connectivity index is 1.79. The van der Waals surface area contributed by atoms with Crippen molar-refractivity contribution in [2.75, 3.05) is 5.32 Å². The van der Waals surface area contributed by atoms with Crippen molar-refractivity contribution in [2.45, 2.75) is 26.3 Å². The average Bonchev–Trinajstić information content (AvgIpc) is 3.36. The number of hydrogen-bond donors (Lipinski definition) is 3. The minimum atomic E-state index is -0.819. The molecular weight excluding hydrogens is 427 g/mol. The lowest BCUT2D eigenvalue weighted by molar-refractivity contribution is -0.117. The molecule has 2 heterocycles. The van der Waals surface area contributed by atoms with Gasteiger partial charge in [0.2, 0.25) is 0 Å². The fourth-order valence-corrected chi connectivity index (χ4v) is 3.36. The van der Waals surface area contributed by atoms with Crippen molar-refractivity contribution in [3.05, 3.63) is 63.9 Å². The lowest BCUT2D eigenvalue weighted by Crippen LogP contribution is -2.34. The number of aryl methyl sites for hydroxylation is 1. The number of H-pyrrole nitrogens is 1. The van der Waals surface area contributed by atoms with Gasteiger partial charge in [-0.25, -0.2) is 4.39 Å². The van der Waals surface area contributed by atoms with E-state index in [-0.39, 0.29) is 16.3 Å². The number of nitrogens with one attached hydrogen (secondary N) is 3. The molecule has 3 N–H and O–H groups in total. The zero-order valence-corrected chi connectivity index (χ0v) is 17.7. The summed E-state index contributed by atoms with van der Waals surface area (Å²) in [6, 6.07) is 3.30. The van der Waals surface area contributed by atoms with Gasteiger partial charge in [-0.3, -0.25) is 14.4 Å². The van der Waals surface area contributed by atoms with Crippen molar-refractivity contribution in [1.29, 1.82) is 0 Å². The van der Waals surface area contributed by atoms with Crippen LogP contribution in [-0.4, -0.2) is 37.6 Å². The number of aromatic nitrogens is 4. The van der Waals surface area contributed by atoms with Crippen LogP contribution in [0.4, 0.5) is 10.1 Å². The normalized spacial score (nSPS) is 11.8. The number of amides is 2. The van der Waals surface area contributed by atoms with Gasteiger partial charge in [-0.2, -0.15) is 15.4 Å². The van der Waals surface area contributed by atoms with Gasteiger partial charge in [0.25, 0.3) is 17.6 Å². The molecule has 0 aliphatic heterocycles. The van der Waals surface area contributed by atoms with Gasteiger partial charge in [0, 0.05) is 24.5 Å². The molecule has 3 rings (SSSR count). The summed E-state index contributed by atoms with van der Waals surface area (Å²) in [7, 11) is 1.58. The molecule has 0 spiro atoms. The summed E-state index contributed by atoms with van der Waals surface area (Å²) in [6.45, 7) is 3.41. The molecule has 2 amide bonds. The molecule has 2 aromatic heterocycles. The van der Waals surface area contributed by atoms with Gasteiger partial charge in [-0.15, -0.1) is 0 Å². The number of carbonyl (C=O) groups excluding carboxylic acids is 3. The number of rotatable bonds is 7. The van der Waals surface area contributed by atoms with Gasteiger partial charge in [-0.05, 0) is 37.1 Å². The minimum absolute atomic E-state index is 0.0947. The molecule has 0 aliphatic carbocycles. The number of aromatic amines is 1. The molecule has 0 fully saturated rings. The van der Waals surface area contributed by atoms with E-state index >= 15 is 0 Å².